The van der Waals surface area contributed by atoms with Crippen molar-refractivity contribution < 1.29 is 4.79 Å². The lowest BCUT2D eigenvalue weighted by Crippen LogP contribution is -2.30. The third-order valence-electron chi connectivity index (χ3n) is 3.95. The smallest absolute Gasteiger partial charge is 0.224 e. The van der Waals surface area contributed by atoms with E-state index in [1.54, 1.807) is 6.33 Å². The van der Waals surface area contributed by atoms with Crippen molar-refractivity contribution in [2.75, 3.05) is 0 Å². The molecule has 0 fully saturated rings. The molecule has 0 saturated heterocycles. The van der Waals surface area contributed by atoms with Crippen LogP contribution in [0.4, 0.5) is 0 Å². The van der Waals surface area contributed by atoms with E-state index in [-0.39, 0.29) is 18.0 Å². The van der Waals surface area contributed by atoms with Crippen molar-refractivity contribution in [3.05, 3.63) is 41.7 Å². The number of aryl methyl sites for hydroxylation is 1. The summed E-state index contributed by atoms with van der Waals surface area (Å²) >= 11 is 0. The Hall–Kier alpha value is -2.70. The Morgan fingerprint density at radius 2 is 2.12 bits per heavy atom. The minimum absolute atomic E-state index is 0.0450. The van der Waals surface area contributed by atoms with E-state index >= 15 is 0 Å². The maximum atomic E-state index is 12.3. The molecule has 0 saturated carbocycles. The van der Waals surface area contributed by atoms with Crippen molar-refractivity contribution in [1.82, 2.24) is 30.0 Å². The topological polar surface area (TPSA) is 88.5 Å². The zero-order chi connectivity index (χ0) is 17.3. The van der Waals surface area contributed by atoms with Crippen LogP contribution in [0.1, 0.15) is 50.1 Å². The van der Waals surface area contributed by atoms with Gasteiger partial charge in [-0.1, -0.05) is 6.07 Å². The largest absolute Gasteiger partial charge is 0.346 e. The molecule has 7 heteroatoms. The maximum Gasteiger partial charge on any atom is 0.224 e. The molecule has 0 aliphatic heterocycles. The summed E-state index contributed by atoms with van der Waals surface area (Å²) in [5.74, 6) is 1.59. The standard InChI is InChI=1S/C17H22N6O/c1-10(2)23-9-18-22-17(23)11(3)19-16(24)8-13-5-6-14-15(7-13)21-12(4)20-14/h5-7,9-11H,8H2,1-4H3,(H,19,24)(H,20,21). The summed E-state index contributed by atoms with van der Waals surface area (Å²) in [5, 5.41) is 11.1. The zero-order valence-electron chi connectivity index (χ0n) is 14.4. The van der Waals surface area contributed by atoms with Gasteiger partial charge in [0.2, 0.25) is 5.91 Å². The first-order valence-corrected chi connectivity index (χ1v) is 8.08. The molecule has 2 N–H and O–H groups in total. The van der Waals surface area contributed by atoms with E-state index < -0.39 is 0 Å². The van der Waals surface area contributed by atoms with Gasteiger partial charge in [0.25, 0.3) is 0 Å². The molecular weight excluding hydrogens is 304 g/mol. The normalized spacial score (nSPS) is 12.7. The highest BCUT2D eigenvalue weighted by Crippen LogP contribution is 2.16. The second-order valence-corrected chi connectivity index (χ2v) is 6.33. The number of nitrogens with one attached hydrogen (secondary N) is 2. The molecule has 1 atom stereocenters. The van der Waals surface area contributed by atoms with Gasteiger partial charge in [-0.2, -0.15) is 0 Å². The van der Waals surface area contributed by atoms with E-state index in [1.807, 2.05) is 36.6 Å². The molecular formula is C17H22N6O. The van der Waals surface area contributed by atoms with Crippen LogP contribution >= 0.6 is 0 Å². The van der Waals surface area contributed by atoms with Crippen LogP contribution in [0.15, 0.2) is 24.5 Å². The predicted molar refractivity (Wildman–Crippen MR) is 91.5 cm³/mol. The van der Waals surface area contributed by atoms with Gasteiger partial charge in [-0.15, -0.1) is 10.2 Å². The average Bonchev–Trinajstić information content (AvgIpc) is 3.11. The summed E-state index contributed by atoms with van der Waals surface area (Å²) in [7, 11) is 0. The third-order valence-corrected chi connectivity index (χ3v) is 3.95. The number of aromatic amines is 1. The summed E-state index contributed by atoms with van der Waals surface area (Å²) < 4.78 is 1.96. The van der Waals surface area contributed by atoms with Gasteiger partial charge in [-0.05, 0) is 45.4 Å². The number of fused-ring (bicyclic) bond motifs is 1. The fourth-order valence-corrected chi connectivity index (χ4v) is 2.80. The summed E-state index contributed by atoms with van der Waals surface area (Å²) in [6.45, 7) is 7.95. The highest BCUT2D eigenvalue weighted by atomic mass is 16.1. The predicted octanol–water partition coefficient (Wildman–Crippen LogP) is 2.46. The van der Waals surface area contributed by atoms with Crippen molar-refractivity contribution >= 4 is 16.9 Å². The molecule has 1 aromatic carbocycles. The zero-order valence-corrected chi connectivity index (χ0v) is 14.4. The SMILES string of the molecule is Cc1nc2ccc(CC(=O)NC(C)c3nncn3C(C)C)cc2[nH]1. The van der Waals surface area contributed by atoms with Gasteiger partial charge >= 0.3 is 0 Å². The highest BCUT2D eigenvalue weighted by Gasteiger charge is 2.17. The molecule has 0 aliphatic rings. The lowest BCUT2D eigenvalue weighted by atomic mass is 10.1. The van der Waals surface area contributed by atoms with Crippen LogP contribution < -0.4 is 5.32 Å². The quantitative estimate of drug-likeness (QED) is 0.754. The average molecular weight is 326 g/mol. The van der Waals surface area contributed by atoms with Crippen LogP contribution in [0, 0.1) is 6.92 Å². The van der Waals surface area contributed by atoms with Crippen LogP contribution in [-0.4, -0.2) is 30.6 Å². The number of hydrogen-bond donors (Lipinski definition) is 2. The molecule has 2 aromatic heterocycles. The molecule has 126 valence electrons. The number of hydrogen-bond acceptors (Lipinski definition) is 4. The first-order valence-electron chi connectivity index (χ1n) is 8.08. The first-order chi connectivity index (χ1) is 11.4. The van der Waals surface area contributed by atoms with Crippen molar-refractivity contribution in [2.24, 2.45) is 0 Å². The van der Waals surface area contributed by atoms with E-state index in [4.69, 9.17) is 0 Å². The Morgan fingerprint density at radius 3 is 2.88 bits per heavy atom. The summed E-state index contributed by atoms with van der Waals surface area (Å²) in [6.07, 6.45) is 2.01. The number of carbonyl (C=O) groups is 1. The van der Waals surface area contributed by atoms with Gasteiger partial charge < -0.3 is 14.9 Å². The van der Waals surface area contributed by atoms with Crippen LogP contribution in [0.25, 0.3) is 11.0 Å². The van der Waals surface area contributed by atoms with Gasteiger partial charge in [-0.25, -0.2) is 4.98 Å². The van der Waals surface area contributed by atoms with Crippen molar-refractivity contribution in [3.63, 3.8) is 0 Å². The Balaban J connectivity index is 1.68. The lowest BCUT2D eigenvalue weighted by Gasteiger charge is -2.16. The minimum atomic E-state index is -0.194. The summed E-state index contributed by atoms with van der Waals surface area (Å²) in [6, 6.07) is 5.89. The number of amides is 1. The Kier molecular flexibility index (Phi) is 4.33. The molecule has 0 aliphatic carbocycles. The highest BCUT2D eigenvalue weighted by molar-refractivity contribution is 5.82. The number of carbonyl (C=O) groups excluding carboxylic acids is 1. The van der Waals surface area contributed by atoms with E-state index in [1.165, 1.54) is 0 Å². The van der Waals surface area contributed by atoms with Gasteiger partial charge in [0.15, 0.2) is 5.82 Å². The molecule has 3 rings (SSSR count). The second kappa shape index (κ2) is 6.43. The Bertz CT molecular complexity index is 863. The van der Waals surface area contributed by atoms with Gasteiger partial charge in [-0.3, -0.25) is 4.79 Å². The van der Waals surface area contributed by atoms with Crippen LogP contribution in [0.5, 0.6) is 0 Å². The molecule has 0 spiro atoms. The number of aromatic nitrogens is 5. The third kappa shape index (κ3) is 3.29. The molecule has 1 amide bonds. The molecule has 2 heterocycles. The molecule has 24 heavy (non-hydrogen) atoms. The Morgan fingerprint density at radius 1 is 1.33 bits per heavy atom. The van der Waals surface area contributed by atoms with Crippen LogP contribution in [0.3, 0.4) is 0 Å². The van der Waals surface area contributed by atoms with E-state index in [0.717, 1.165) is 28.2 Å². The minimum Gasteiger partial charge on any atom is -0.346 e. The second-order valence-electron chi connectivity index (χ2n) is 6.33. The number of rotatable bonds is 5. The van der Waals surface area contributed by atoms with Crippen molar-refractivity contribution in [2.45, 2.75) is 46.2 Å². The maximum absolute atomic E-state index is 12.3. The van der Waals surface area contributed by atoms with Gasteiger partial charge in [0.05, 0.1) is 23.5 Å². The lowest BCUT2D eigenvalue weighted by molar-refractivity contribution is -0.121. The number of benzene rings is 1. The molecule has 1 unspecified atom stereocenters. The van der Waals surface area contributed by atoms with Crippen LogP contribution in [-0.2, 0) is 11.2 Å². The molecule has 7 nitrogen and oxygen atoms in total. The van der Waals surface area contributed by atoms with Crippen molar-refractivity contribution in [3.8, 4) is 0 Å². The van der Waals surface area contributed by atoms with E-state index in [2.05, 4.69) is 39.3 Å². The molecule has 0 bridgehead atoms. The molecule has 0 radical (unpaired) electrons. The van der Waals surface area contributed by atoms with Crippen LogP contribution in [0.2, 0.25) is 0 Å². The van der Waals surface area contributed by atoms with Gasteiger partial charge in [0.1, 0.15) is 12.2 Å². The van der Waals surface area contributed by atoms with E-state index in [0.29, 0.717) is 6.42 Å². The fraction of sp³-hybridized carbons (Fsp3) is 0.412. The van der Waals surface area contributed by atoms with E-state index in [9.17, 15) is 4.79 Å². The monoisotopic (exact) mass is 326 g/mol. The number of H-pyrrole nitrogens is 1. The summed E-state index contributed by atoms with van der Waals surface area (Å²) in [4.78, 5) is 19.9. The number of imidazole rings is 1. The number of nitrogens with zero attached hydrogens (tertiary/aromatic N) is 4. The molecule has 3 aromatic rings. The summed E-state index contributed by atoms with van der Waals surface area (Å²) in [5.41, 5.74) is 2.81. The fourth-order valence-electron chi connectivity index (χ4n) is 2.80. The van der Waals surface area contributed by atoms with Gasteiger partial charge in [0, 0.05) is 6.04 Å². The van der Waals surface area contributed by atoms with Crippen molar-refractivity contribution in [1.29, 1.82) is 0 Å². The first kappa shape index (κ1) is 16.2. The Labute approximate surface area is 140 Å².